The van der Waals surface area contributed by atoms with Crippen molar-refractivity contribution in [3.8, 4) is 0 Å². The van der Waals surface area contributed by atoms with Crippen molar-refractivity contribution in [1.29, 1.82) is 0 Å². The second-order valence-electron chi connectivity index (χ2n) is 7.55. The number of nitrogens with zero attached hydrogens (tertiary/aromatic N) is 1. The molecule has 1 aromatic heterocycles. The Balaban J connectivity index is 0.00000280. The molecule has 152 valence electrons. The van der Waals surface area contributed by atoms with Crippen LogP contribution >= 0.6 is 12.4 Å². The second kappa shape index (κ2) is 11.0. The van der Waals surface area contributed by atoms with Crippen LogP contribution in [0, 0.1) is 11.8 Å². The zero-order valence-corrected chi connectivity index (χ0v) is 17.2. The molecule has 2 N–H and O–H groups in total. The highest BCUT2D eigenvalue weighted by atomic mass is 35.5. The zero-order chi connectivity index (χ0) is 19.1. The Labute approximate surface area is 173 Å². The lowest BCUT2D eigenvalue weighted by Crippen LogP contribution is -2.35. The molecular weight excluding hydrogens is 374 g/mol. The van der Waals surface area contributed by atoms with Gasteiger partial charge in [-0.05, 0) is 55.0 Å². The molecule has 1 aromatic carbocycles. The van der Waals surface area contributed by atoms with Crippen LogP contribution in [0.5, 0.6) is 0 Å². The quantitative estimate of drug-likeness (QED) is 0.747. The number of carbonyl (C=O) groups is 1. The minimum atomic E-state index is -0.00359. The number of hydrogen-bond acceptors (Lipinski definition) is 3. The number of piperidine rings is 1. The predicted molar refractivity (Wildman–Crippen MR) is 115 cm³/mol. The minimum absolute atomic E-state index is 0. The normalized spacial score (nSPS) is 17.4. The van der Waals surface area contributed by atoms with Gasteiger partial charge in [0.25, 0.3) is 5.56 Å². The maximum absolute atomic E-state index is 12.2. The Kier molecular flexibility index (Phi) is 8.74. The van der Waals surface area contributed by atoms with E-state index < -0.39 is 0 Å². The summed E-state index contributed by atoms with van der Waals surface area (Å²) in [7, 11) is 0. The molecule has 2 unspecified atom stereocenters. The number of amides is 1. The number of halogens is 1. The van der Waals surface area contributed by atoms with Gasteiger partial charge < -0.3 is 15.2 Å². The Hall–Kier alpha value is -2.11. The summed E-state index contributed by atoms with van der Waals surface area (Å²) < 4.78 is 1.68. The van der Waals surface area contributed by atoms with E-state index in [0.717, 1.165) is 24.2 Å². The first-order valence-electron chi connectivity index (χ1n) is 9.82. The third kappa shape index (κ3) is 6.50. The number of hydrogen-bond donors (Lipinski definition) is 2. The van der Waals surface area contributed by atoms with E-state index in [9.17, 15) is 9.59 Å². The molecule has 0 saturated carbocycles. The monoisotopic (exact) mass is 403 g/mol. The standard InChI is InChI=1S/C22H29N3O2.ClH/c1-17(20-5-4-11-23-15-20)13-21(26)24-14-18-7-9-19(10-8-18)16-25-12-3-2-6-22(25)27;/h2-3,6-10,12,17,20,23H,4-5,11,13-16H2,1H3,(H,24,26);1H. The van der Waals surface area contributed by atoms with E-state index in [1.807, 2.05) is 30.3 Å². The maximum atomic E-state index is 12.2. The molecule has 2 aromatic rings. The minimum Gasteiger partial charge on any atom is -0.352 e. The van der Waals surface area contributed by atoms with E-state index in [-0.39, 0.29) is 23.9 Å². The lowest BCUT2D eigenvalue weighted by molar-refractivity contribution is -0.122. The lowest BCUT2D eigenvalue weighted by atomic mass is 9.85. The second-order valence-corrected chi connectivity index (χ2v) is 7.55. The van der Waals surface area contributed by atoms with Gasteiger partial charge in [0.1, 0.15) is 0 Å². The van der Waals surface area contributed by atoms with Gasteiger partial charge in [-0.2, -0.15) is 0 Å². The SMILES string of the molecule is CC(CC(=O)NCc1ccc(Cn2ccccc2=O)cc1)C1CCCNC1.Cl. The van der Waals surface area contributed by atoms with Gasteiger partial charge in [0.05, 0.1) is 6.54 Å². The van der Waals surface area contributed by atoms with Crippen molar-refractivity contribution in [3.63, 3.8) is 0 Å². The summed E-state index contributed by atoms with van der Waals surface area (Å²) in [4.78, 5) is 24.0. The Morgan fingerprint density at radius 1 is 1.21 bits per heavy atom. The molecule has 2 heterocycles. The summed E-state index contributed by atoms with van der Waals surface area (Å²) >= 11 is 0. The fraction of sp³-hybridized carbons (Fsp3) is 0.455. The molecule has 28 heavy (non-hydrogen) atoms. The first-order valence-corrected chi connectivity index (χ1v) is 9.82. The summed E-state index contributed by atoms with van der Waals surface area (Å²) in [5.41, 5.74) is 2.13. The summed E-state index contributed by atoms with van der Waals surface area (Å²) in [6.07, 6.45) is 4.80. The molecule has 3 rings (SSSR count). The van der Waals surface area contributed by atoms with Gasteiger partial charge in [0.15, 0.2) is 0 Å². The fourth-order valence-electron chi connectivity index (χ4n) is 3.65. The van der Waals surface area contributed by atoms with Crippen LogP contribution in [0.15, 0.2) is 53.5 Å². The van der Waals surface area contributed by atoms with Crippen molar-refractivity contribution < 1.29 is 4.79 Å². The van der Waals surface area contributed by atoms with E-state index in [4.69, 9.17) is 0 Å². The molecule has 1 amide bonds. The molecule has 5 nitrogen and oxygen atoms in total. The fourth-order valence-corrected chi connectivity index (χ4v) is 3.65. The Morgan fingerprint density at radius 2 is 1.96 bits per heavy atom. The van der Waals surface area contributed by atoms with Gasteiger partial charge in [-0.1, -0.05) is 37.3 Å². The Bertz CT molecular complexity index is 798. The third-order valence-corrected chi connectivity index (χ3v) is 5.41. The largest absolute Gasteiger partial charge is 0.352 e. The van der Waals surface area contributed by atoms with E-state index >= 15 is 0 Å². The van der Waals surface area contributed by atoms with Crippen molar-refractivity contribution in [1.82, 2.24) is 15.2 Å². The number of rotatable bonds is 7. The molecule has 1 saturated heterocycles. The van der Waals surface area contributed by atoms with Gasteiger partial charge in [-0.25, -0.2) is 0 Å². The lowest BCUT2D eigenvalue weighted by Gasteiger charge is -2.28. The number of aromatic nitrogens is 1. The molecule has 1 fully saturated rings. The van der Waals surface area contributed by atoms with Crippen molar-refractivity contribution in [3.05, 3.63) is 70.1 Å². The topological polar surface area (TPSA) is 63.1 Å². The average Bonchev–Trinajstić information content (AvgIpc) is 2.70. The van der Waals surface area contributed by atoms with Crippen molar-refractivity contribution >= 4 is 18.3 Å². The van der Waals surface area contributed by atoms with Gasteiger partial charge in [0, 0.05) is 25.2 Å². The summed E-state index contributed by atoms with van der Waals surface area (Å²) in [6, 6.07) is 13.2. The molecule has 0 bridgehead atoms. The highest BCUT2D eigenvalue weighted by molar-refractivity contribution is 5.85. The number of carbonyl (C=O) groups excluding carboxylic acids is 1. The van der Waals surface area contributed by atoms with Crippen LogP contribution < -0.4 is 16.2 Å². The zero-order valence-electron chi connectivity index (χ0n) is 16.4. The number of nitrogens with one attached hydrogen (secondary N) is 2. The Morgan fingerprint density at radius 3 is 2.64 bits per heavy atom. The molecule has 0 spiro atoms. The van der Waals surface area contributed by atoms with Gasteiger partial charge in [0.2, 0.25) is 5.91 Å². The molecule has 1 aliphatic rings. The van der Waals surface area contributed by atoms with Crippen molar-refractivity contribution in [2.24, 2.45) is 11.8 Å². The first-order chi connectivity index (χ1) is 13.1. The molecule has 1 aliphatic heterocycles. The van der Waals surface area contributed by atoms with Crippen molar-refractivity contribution in [2.45, 2.75) is 39.3 Å². The number of pyridine rings is 1. The van der Waals surface area contributed by atoms with Gasteiger partial charge in [-0.3, -0.25) is 9.59 Å². The summed E-state index contributed by atoms with van der Waals surface area (Å²) in [5, 5.41) is 6.45. The smallest absolute Gasteiger partial charge is 0.250 e. The third-order valence-electron chi connectivity index (χ3n) is 5.41. The van der Waals surface area contributed by atoms with Gasteiger partial charge >= 0.3 is 0 Å². The summed E-state index contributed by atoms with van der Waals surface area (Å²) in [5.74, 6) is 1.13. The summed E-state index contributed by atoms with van der Waals surface area (Å²) in [6.45, 7) is 5.40. The highest BCUT2D eigenvalue weighted by Crippen LogP contribution is 2.22. The van der Waals surface area contributed by atoms with Gasteiger partial charge in [-0.15, -0.1) is 12.4 Å². The van der Waals surface area contributed by atoms with Crippen LogP contribution in [0.25, 0.3) is 0 Å². The van der Waals surface area contributed by atoms with E-state index in [1.54, 1.807) is 22.9 Å². The first kappa shape index (κ1) is 22.2. The molecular formula is C22H30ClN3O2. The van der Waals surface area contributed by atoms with Crippen LogP contribution in [-0.4, -0.2) is 23.6 Å². The van der Waals surface area contributed by atoms with E-state index in [1.165, 1.54) is 12.8 Å². The molecule has 0 aliphatic carbocycles. The van der Waals surface area contributed by atoms with Crippen LogP contribution in [0.4, 0.5) is 0 Å². The highest BCUT2D eigenvalue weighted by Gasteiger charge is 2.21. The maximum Gasteiger partial charge on any atom is 0.250 e. The molecule has 6 heteroatoms. The molecule has 2 atom stereocenters. The van der Waals surface area contributed by atoms with Crippen molar-refractivity contribution in [2.75, 3.05) is 13.1 Å². The van der Waals surface area contributed by atoms with Crippen LogP contribution in [-0.2, 0) is 17.9 Å². The number of benzene rings is 1. The van der Waals surface area contributed by atoms with E-state index in [0.29, 0.717) is 31.3 Å². The van der Waals surface area contributed by atoms with Crippen LogP contribution in [0.3, 0.4) is 0 Å². The average molecular weight is 404 g/mol. The van der Waals surface area contributed by atoms with Crippen LogP contribution in [0.2, 0.25) is 0 Å². The van der Waals surface area contributed by atoms with E-state index in [2.05, 4.69) is 17.6 Å². The predicted octanol–water partition coefficient (Wildman–Crippen LogP) is 2.96. The van der Waals surface area contributed by atoms with Crippen LogP contribution in [0.1, 0.15) is 37.3 Å². The molecule has 0 radical (unpaired) electrons.